The van der Waals surface area contributed by atoms with E-state index in [2.05, 4.69) is 0 Å². The molecule has 0 saturated heterocycles. The smallest absolute Gasteiger partial charge is 0.270 e. The van der Waals surface area contributed by atoms with Crippen molar-refractivity contribution in [1.82, 2.24) is 4.57 Å². The van der Waals surface area contributed by atoms with Crippen LogP contribution >= 0.6 is 0 Å². The number of carbonyl (C=O) groups is 1. The highest BCUT2D eigenvalue weighted by Gasteiger charge is 2.20. The van der Waals surface area contributed by atoms with Gasteiger partial charge in [-0.25, -0.2) is 0 Å². The monoisotopic (exact) mass is 395 g/mol. The van der Waals surface area contributed by atoms with Crippen LogP contribution in [0.25, 0.3) is 11.3 Å². The number of primary amides is 1. The van der Waals surface area contributed by atoms with Crippen LogP contribution in [-0.2, 0) is 6.54 Å². The Morgan fingerprint density at radius 3 is 2.48 bits per heavy atom. The third-order valence-electron chi connectivity index (χ3n) is 4.80. The number of amides is 1. The SMILES string of the molecule is COc1cccc(Cn2c(-c3cccc([N+](=O)[O-])c3)cc(C(N)=O)c2C)c1OC. The normalized spacial score (nSPS) is 10.6. The summed E-state index contributed by atoms with van der Waals surface area (Å²) in [4.78, 5) is 22.7. The van der Waals surface area contributed by atoms with Gasteiger partial charge in [-0.3, -0.25) is 14.9 Å². The van der Waals surface area contributed by atoms with Crippen LogP contribution in [0, 0.1) is 17.0 Å². The van der Waals surface area contributed by atoms with Crippen LogP contribution in [0.3, 0.4) is 0 Å². The standard InChI is InChI=1S/C21H21N3O5/c1-13-17(21(22)25)11-18(14-6-4-8-16(10-14)24(26)27)23(13)12-15-7-5-9-19(28-2)20(15)29-3/h4-11H,12H2,1-3H3,(H2,22,25). The molecule has 29 heavy (non-hydrogen) atoms. The fourth-order valence-corrected chi connectivity index (χ4v) is 3.36. The van der Waals surface area contributed by atoms with Crippen molar-refractivity contribution in [1.29, 1.82) is 0 Å². The van der Waals surface area contributed by atoms with Gasteiger partial charge >= 0.3 is 0 Å². The molecule has 3 aromatic rings. The van der Waals surface area contributed by atoms with Crippen molar-refractivity contribution in [2.45, 2.75) is 13.5 Å². The number of hydrogen-bond acceptors (Lipinski definition) is 5. The summed E-state index contributed by atoms with van der Waals surface area (Å²) in [7, 11) is 3.11. The number of nitro groups is 1. The highest BCUT2D eigenvalue weighted by molar-refractivity contribution is 5.95. The molecule has 2 aromatic carbocycles. The number of carbonyl (C=O) groups excluding carboxylic acids is 1. The third-order valence-corrected chi connectivity index (χ3v) is 4.80. The predicted octanol–water partition coefficient (Wildman–Crippen LogP) is 3.54. The summed E-state index contributed by atoms with van der Waals surface area (Å²) < 4.78 is 12.8. The maximum Gasteiger partial charge on any atom is 0.270 e. The van der Waals surface area contributed by atoms with Gasteiger partial charge in [0.1, 0.15) is 0 Å². The molecule has 3 rings (SSSR count). The van der Waals surface area contributed by atoms with Gasteiger partial charge in [-0.1, -0.05) is 24.3 Å². The van der Waals surface area contributed by atoms with E-state index in [0.717, 1.165) is 5.56 Å². The van der Waals surface area contributed by atoms with Crippen LogP contribution in [0.2, 0.25) is 0 Å². The fourth-order valence-electron chi connectivity index (χ4n) is 3.36. The summed E-state index contributed by atoms with van der Waals surface area (Å²) in [6.07, 6.45) is 0. The number of rotatable bonds is 7. The van der Waals surface area contributed by atoms with Gasteiger partial charge in [-0.05, 0) is 19.1 Å². The van der Waals surface area contributed by atoms with Crippen LogP contribution in [0.4, 0.5) is 5.69 Å². The van der Waals surface area contributed by atoms with Crippen molar-refractivity contribution in [3.8, 4) is 22.8 Å². The van der Waals surface area contributed by atoms with Gasteiger partial charge in [0.05, 0.1) is 31.3 Å². The topological polar surface area (TPSA) is 110 Å². The Labute approximate surface area is 167 Å². The first-order valence-electron chi connectivity index (χ1n) is 8.82. The molecule has 1 amide bonds. The van der Waals surface area contributed by atoms with Gasteiger partial charge in [0.25, 0.3) is 11.6 Å². The highest BCUT2D eigenvalue weighted by atomic mass is 16.6. The zero-order chi connectivity index (χ0) is 21.1. The minimum atomic E-state index is -0.564. The number of hydrogen-bond donors (Lipinski definition) is 1. The van der Waals surface area contributed by atoms with E-state index < -0.39 is 10.8 Å². The van der Waals surface area contributed by atoms with Crippen molar-refractivity contribution < 1.29 is 19.2 Å². The molecular formula is C21H21N3O5. The lowest BCUT2D eigenvalue weighted by Crippen LogP contribution is -2.13. The maximum atomic E-state index is 11.9. The minimum absolute atomic E-state index is 0.0347. The summed E-state index contributed by atoms with van der Waals surface area (Å²) in [5, 5.41) is 11.2. The van der Waals surface area contributed by atoms with Gasteiger partial charge in [0.15, 0.2) is 11.5 Å². The van der Waals surface area contributed by atoms with Crippen molar-refractivity contribution in [2.24, 2.45) is 5.73 Å². The van der Waals surface area contributed by atoms with Crippen LogP contribution in [0.15, 0.2) is 48.5 Å². The number of nitrogens with zero attached hydrogens (tertiary/aromatic N) is 2. The molecule has 1 heterocycles. The average Bonchev–Trinajstić information content (AvgIpc) is 3.04. The number of nitrogens with two attached hydrogens (primary N) is 1. The summed E-state index contributed by atoms with van der Waals surface area (Å²) in [5.41, 5.74) is 8.60. The lowest BCUT2D eigenvalue weighted by molar-refractivity contribution is -0.384. The molecule has 0 bridgehead atoms. The number of non-ortho nitro benzene ring substituents is 1. The van der Waals surface area contributed by atoms with Crippen molar-refractivity contribution in [3.63, 3.8) is 0 Å². The lowest BCUT2D eigenvalue weighted by atomic mass is 10.1. The lowest BCUT2D eigenvalue weighted by Gasteiger charge is -2.16. The number of aromatic nitrogens is 1. The Balaban J connectivity index is 2.18. The molecule has 0 aliphatic heterocycles. The van der Waals surface area contributed by atoms with E-state index in [1.807, 2.05) is 16.7 Å². The molecule has 0 aliphatic carbocycles. The van der Waals surface area contributed by atoms with E-state index in [-0.39, 0.29) is 5.69 Å². The third kappa shape index (κ3) is 3.77. The molecule has 0 unspecified atom stereocenters. The zero-order valence-corrected chi connectivity index (χ0v) is 16.3. The quantitative estimate of drug-likeness (QED) is 0.486. The maximum absolute atomic E-state index is 11.9. The van der Waals surface area contributed by atoms with Crippen molar-refractivity contribution >= 4 is 11.6 Å². The molecule has 0 atom stereocenters. The Hall–Kier alpha value is -3.81. The second kappa shape index (κ2) is 8.05. The second-order valence-electron chi connectivity index (χ2n) is 6.44. The van der Waals surface area contributed by atoms with Gasteiger partial charge in [-0.15, -0.1) is 0 Å². The summed E-state index contributed by atoms with van der Waals surface area (Å²) in [5.74, 6) is 0.598. The molecule has 150 valence electrons. The minimum Gasteiger partial charge on any atom is -0.493 e. The van der Waals surface area contributed by atoms with Gasteiger partial charge in [0.2, 0.25) is 0 Å². The van der Waals surface area contributed by atoms with E-state index in [0.29, 0.717) is 40.6 Å². The van der Waals surface area contributed by atoms with Crippen LogP contribution < -0.4 is 15.2 Å². The molecule has 0 aliphatic rings. The number of methoxy groups -OCH3 is 2. The number of nitro benzene ring substituents is 1. The van der Waals surface area contributed by atoms with E-state index in [4.69, 9.17) is 15.2 Å². The number of para-hydroxylation sites is 1. The van der Waals surface area contributed by atoms with Gasteiger partial charge < -0.3 is 19.8 Å². The van der Waals surface area contributed by atoms with E-state index >= 15 is 0 Å². The molecule has 2 N–H and O–H groups in total. The summed E-state index contributed by atoms with van der Waals surface area (Å²) >= 11 is 0. The Morgan fingerprint density at radius 2 is 1.86 bits per heavy atom. The van der Waals surface area contributed by atoms with Gasteiger partial charge in [0, 0.05) is 34.6 Å². The summed E-state index contributed by atoms with van der Waals surface area (Å²) in [6.45, 7) is 2.14. The number of benzene rings is 2. The molecular weight excluding hydrogens is 374 g/mol. The van der Waals surface area contributed by atoms with E-state index in [1.165, 1.54) is 12.1 Å². The largest absolute Gasteiger partial charge is 0.493 e. The van der Waals surface area contributed by atoms with Crippen LogP contribution in [0.5, 0.6) is 11.5 Å². The van der Waals surface area contributed by atoms with Crippen molar-refractivity contribution in [2.75, 3.05) is 14.2 Å². The molecule has 8 nitrogen and oxygen atoms in total. The van der Waals surface area contributed by atoms with Crippen LogP contribution in [0.1, 0.15) is 21.6 Å². The van der Waals surface area contributed by atoms with Gasteiger partial charge in [-0.2, -0.15) is 0 Å². The first-order valence-corrected chi connectivity index (χ1v) is 8.82. The molecule has 0 radical (unpaired) electrons. The average molecular weight is 395 g/mol. The first-order chi connectivity index (χ1) is 13.9. The van der Waals surface area contributed by atoms with E-state index in [9.17, 15) is 14.9 Å². The Kier molecular flexibility index (Phi) is 5.54. The fraction of sp³-hybridized carbons (Fsp3) is 0.190. The molecule has 1 aromatic heterocycles. The van der Waals surface area contributed by atoms with E-state index in [1.54, 1.807) is 45.4 Å². The van der Waals surface area contributed by atoms with Crippen molar-refractivity contribution in [3.05, 3.63) is 75.5 Å². The first kappa shape index (κ1) is 19.9. The summed E-state index contributed by atoms with van der Waals surface area (Å²) in [6, 6.07) is 13.4. The Bertz CT molecular complexity index is 1090. The number of ether oxygens (including phenoxy) is 2. The van der Waals surface area contributed by atoms with Crippen LogP contribution in [-0.4, -0.2) is 29.6 Å². The molecule has 8 heteroatoms. The second-order valence-corrected chi connectivity index (χ2v) is 6.44. The molecule has 0 fully saturated rings. The molecule has 0 saturated carbocycles. The highest BCUT2D eigenvalue weighted by Crippen LogP contribution is 2.34. The Morgan fingerprint density at radius 1 is 1.14 bits per heavy atom. The zero-order valence-electron chi connectivity index (χ0n) is 16.3. The molecule has 0 spiro atoms. The predicted molar refractivity (Wildman–Crippen MR) is 108 cm³/mol.